The molecule has 7 nitrogen and oxygen atoms in total. The maximum atomic E-state index is 11.8. The molecule has 1 atom stereocenters. The molecular weight excluding hydrogens is 344 g/mol. The fourth-order valence-electron chi connectivity index (χ4n) is 1.76. The first kappa shape index (κ1) is 20.6. The van der Waals surface area contributed by atoms with Crippen LogP contribution >= 0.6 is 11.6 Å². The monoisotopic (exact) mass is 366 g/mol. The van der Waals surface area contributed by atoms with E-state index in [1.807, 2.05) is 20.8 Å². The molecule has 0 unspecified atom stereocenters. The molecule has 0 spiro atoms. The Bertz CT molecular complexity index is 688. The third kappa shape index (κ3) is 7.34. The van der Waals surface area contributed by atoms with Crippen LogP contribution in [0.2, 0.25) is 5.02 Å². The van der Waals surface area contributed by atoms with Gasteiger partial charge >= 0.3 is 11.8 Å². The average molecular weight is 367 g/mol. The molecule has 1 rings (SSSR count). The molecule has 0 aromatic heterocycles. The second-order valence-electron chi connectivity index (χ2n) is 5.76. The van der Waals surface area contributed by atoms with Gasteiger partial charge in [0, 0.05) is 22.5 Å². The van der Waals surface area contributed by atoms with Crippen molar-refractivity contribution < 1.29 is 14.4 Å². The van der Waals surface area contributed by atoms with Crippen LogP contribution < -0.4 is 16.1 Å². The fraction of sp³-hybridized carbons (Fsp3) is 0.412. The van der Waals surface area contributed by atoms with Crippen molar-refractivity contribution in [2.45, 2.75) is 46.6 Å². The van der Waals surface area contributed by atoms with Crippen molar-refractivity contribution in [3.8, 4) is 0 Å². The van der Waals surface area contributed by atoms with Crippen molar-refractivity contribution in [3.05, 3.63) is 28.8 Å². The van der Waals surface area contributed by atoms with Gasteiger partial charge in [-0.1, -0.05) is 24.6 Å². The van der Waals surface area contributed by atoms with Gasteiger partial charge in [-0.15, -0.1) is 0 Å². The van der Waals surface area contributed by atoms with Crippen molar-refractivity contribution in [1.82, 2.24) is 10.7 Å². The van der Waals surface area contributed by atoms with E-state index in [0.717, 1.165) is 12.0 Å². The zero-order valence-corrected chi connectivity index (χ0v) is 15.5. The Morgan fingerprint density at radius 2 is 1.92 bits per heavy atom. The summed E-state index contributed by atoms with van der Waals surface area (Å²) in [5.74, 6) is -2.00. The summed E-state index contributed by atoms with van der Waals surface area (Å²) >= 11 is 5.96. The van der Waals surface area contributed by atoms with Crippen LogP contribution in [0.3, 0.4) is 0 Å². The van der Waals surface area contributed by atoms with Crippen LogP contribution in [0.25, 0.3) is 0 Å². The smallest absolute Gasteiger partial charge is 0.329 e. The normalized spacial score (nSPS) is 12.3. The Kier molecular flexibility index (Phi) is 8.07. The van der Waals surface area contributed by atoms with Gasteiger partial charge in [0.25, 0.3) is 0 Å². The molecule has 0 saturated carbocycles. The van der Waals surface area contributed by atoms with E-state index in [1.165, 1.54) is 0 Å². The van der Waals surface area contributed by atoms with Crippen LogP contribution in [-0.2, 0) is 14.4 Å². The molecular formula is C17H23ClN4O3. The van der Waals surface area contributed by atoms with Crippen LogP contribution in [0.1, 0.15) is 39.2 Å². The van der Waals surface area contributed by atoms with Gasteiger partial charge in [-0.3, -0.25) is 14.4 Å². The largest absolute Gasteiger partial charge is 0.353 e. The molecule has 3 N–H and O–H groups in total. The number of nitrogens with one attached hydrogen (secondary N) is 3. The molecule has 0 saturated heterocycles. The van der Waals surface area contributed by atoms with E-state index >= 15 is 0 Å². The summed E-state index contributed by atoms with van der Waals surface area (Å²) in [6.45, 7) is 7.28. The summed E-state index contributed by atoms with van der Waals surface area (Å²) in [5.41, 5.74) is 3.78. The number of rotatable bonds is 6. The van der Waals surface area contributed by atoms with Crippen molar-refractivity contribution in [2.24, 2.45) is 5.10 Å². The standard InChI is InChI=1S/C17H23ClN4O3/c1-5-11(3)19-15(23)8-12(4)21-22-17(25)16(24)20-13-7-6-10(2)14(18)9-13/h6-7,9,11H,5,8H2,1-4H3,(H,19,23)(H,20,24)(H,22,25)/t11-/m1/s1. The number of carbonyl (C=O) groups is 3. The lowest BCUT2D eigenvalue weighted by molar-refractivity contribution is -0.136. The molecule has 0 aliphatic rings. The van der Waals surface area contributed by atoms with E-state index in [9.17, 15) is 14.4 Å². The number of benzene rings is 1. The molecule has 0 fully saturated rings. The first-order chi connectivity index (χ1) is 11.7. The Morgan fingerprint density at radius 1 is 1.24 bits per heavy atom. The summed E-state index contributed by atoms with van der Waals surface area (Å²) in [5, 5.41) is 9.46. The molecule has 3 amide bonds. The van der Waals surface area contributed by atoms with E-state index in [1.54, 1.807) is 25.1 Å². The van der Waals surface area contributed by atoms with Crippen LogP contribution in [0.5, 0.6) is 0 Å². The van der Waals surface area contributed by atoms with Crippen molar-refractivity contribution in [1.29, 1.82) is 0 Å². The Labute approximate surface area is 152 Å². The number of nitrogens with zero attached hydrogens (tertiary/aromatic N) is 1. The van der Waals surface area contributed by atoms with Gasteiger partial charge in [0.05, 0.1) is 6.42 Å². The highest BCUT2D eigenvalue weighted by Gasteiger charge is 2.14. The molecule has 8 heteroatoms. The van der Waals surface area contributed by atoms with Crippen LogP contribution in [0.15, 0.2) is 23.3 Å². The Hall–Kier alpha value is -2.41. The number of amides is 3. The highest BCUT2D eigenvalue weighted by molar-refractivity contribution is 6.40. The molecule has 0 bridgehead atoms. The zero-order chi connectivity index (χ0) is 19.0. The van der Waals surface area contributed by atoms with E-state index in [2.05, 4.69) is 21.2 Å². The SMILES string of the molecule is CC[C@@H](C)NC(=O)CC(C)=NNC(=O)C(=O)Nc1ccc(C)c(Cl)c1. The van der Waals surface area contributed by atoms with Gasteiger partial charge in [0.15, 0.2) is 0 Å². The first-order valence-electron chi connectivity index (χ1n) is 7.93. The molecule has 0 heterocycles. The predicted octanol–water partition coefficient (Wildman–Crippen LogP) is 2.38. The fourth-order valence-corrected chi connectivity index (χ4v) is 1.94. The van der Waals surface area contributed by atoms with Crippen LogP contribution in [-0.4, -0.2) is 29.5 Å². The molecule has 1 aromatic carbocycles. The van der Waals surface area contributed by atoms with Gasteiger partial charge in [-0.25, -0.2) is 5.43 Å². The first-order valence-corrected chi connectivity index (χ1v) is 8.30. The molecule has 0 aliphatic carbocycles. The molecule has 0 aliphatic heterocycles. The topological polar surface area (TPSA) is 99.7 Å². The number of aryl methyl sites for hydroxylation is 1. The van der Waals surface area contributed by atoms with E-state index < -0.39 is 11.8 Å². The Balaban J connectivity index is 2.52. The number of carbonyl (C=O) groups excluding carboxylic acids is 3. The second-order valence-corrected chi connectivity index (χ2v) is 6.17. The summed E-state index contributed by atoms with van der Waals surface area (Å²) in [7, 11) is 0. The van der Waals surface area contributed by atoms with Crippen molar-refractivity contribution in [2.75, 3.05) is 5.32 Å². The maximum absolute atomic E-state index is 11.8. The van der Waals surface area contributed by atoms with Gasteiger partial charge < -0.3 is 10.6 Å². The summed E-state index contributed by atoms with van der Waals surface area (Å²) in [6.07, 6.45) is 0.863. The predicted molar refractivity (Wildman–Crippen MR) is 98.6 cm³/mol. The van der Waals surface area contributed by atoms with E-state index in [0.29, 0.717) is 16.4 Å². The quantitative estimate of drug-likeness (QED) is 0.409. The molecule has 25 heavy (non-hydrogen) atoms. The summed E-state index contributed by atoms with van der Waals surface area (Å²) in [4.78, 5) is 35.3. The third-order valence-electron chi connectivity index (χ3n) is 3.42. The minimum Gasteiger partial charge on any atom is -0.353 e. The van der Waals surface area contributed by atoms with E-state index in [-0.39, 0.29) is 18.4 Å². The zero-order valence-electron chi connectivity index (χ0n) is 14.8. The highest BCUT2D eigenvalue weighted by Crippen LogP contribution is 2.19. The van der Waals surface area contributed by atoms with Crippen LogP contribution in [0, 0.1) is 6.92 Å². The lowest BCUT2D eigenvalue weighted by Crippen LogP contribution is -2.35. The van der Waals surface area contributed by atoms with Gasteiger partial charge in [0.1, 0.15) is 0 Å². The van der Waals surface area contributed by atoms with Gasteiger partial charge in [-0.05, 0) is 44.9 Å². The number of hydrogen-bond acceptors (Lipinski definition) is 4. The Morgan fingerprint density at radius 3 is 2.52 bits per heavy atom. The lowest BCUT2D eigenvalue weighted by Gasteiger charge is -2.11. The van der Waals surface area contributed by atoms with Crippen molar-refractivity contribution in [3.63, 3.8) is 0 Å². The second kappa shape index (κ2) is 9.78. The van der Waals surface area contributed by atoms with Crippen LogP contribution in [0.4, 0.5) is 5.69 Å². The van der Waals surface area contributed by atoms with Crippen molar-refractivity contribution >= 4 is 40.7 Å². The lowest BCUT2D eigenvalue weighted by atomic mass is 10.2. The highest BCUT2D eigenvalue weighted by atomic mass is 35.5. The minimum absolute atomic E-state index is 0.0415. The average Bonchev–Trinajstić information content (AvgIpc) is 2.55. The molecule has 136 valence electrons. The summed E-state index contributed by atoms with van der Waals surface area (Å²) in [6, 6.07) is 4.99. The number of anilines is 1. The number of hydrazone groups is 1. The maximum Gasteiger partial charge on any atom is 0.329 e. The minimum atomic E-state index is -0.932. The number of halogens is 1. The molecule has 1 aromatic rings. The summed E-state index contributed by atoms with van der Waals surface area (Å²) < 4.78 is 0. The molecule has 0 radical (unpaired) electrons. The van der Waals surface area contributed by atoms with Gasteiger partial charge in [-0.2, -0.15) is 5.10 Å². The van der Waals surface area contributed by atoms with E-state index in [4.69, 9.17) is 11.6 Å². The third-order valence-corrected chi connectivity index (χ3v) is 3.83. The number of hydrogen-bond donors (Lipinski definition) is 3. The van der Waals surface area contributed by atoms with Gasteiger partial charge in [0.2, 0.25) is 5.91 Å².